The summed E-state index contributed by atoms with van der Waals surface area (Å²) in [5.41, 5.74) is 1.18. The molecule has 0 saturated carbocycles. The highest BCUT2D eigenvalue weighted by atomic mass is 32.1. The Labute approximate surface area is 207 Å². The predicted octanol–water partition coefficient (Wildman–Crippen LogP) is 4.35. The van der Waals surface area contributed by atoms with Crippen LogP contribution in [0.1, 0.15) is 53.5 Å². The molecule has 3 aromatic heterocycles. The van der Waals surface area contributed by atoms with Gasteiger partial charge in [0.2, 0.25) is 11.8 Å². The molecule has 5 heterocycles. The van der Waals surface area contributed by atoms with Crippen molar-refractivity contribution in [3.8, 4) is 0 Å². The minimum atomic E-state index is -0.645. The quantitative estimate of drug-likeness (QED) is 0.477. The van der Waals surface area contributed by atoms with Gasteiger partial charge in [0.1, 0.15) is 0 Å². The van der Waals surface area contributed by atoms with Crippen LogP contribution in [0.25, 0.3) is 6.08 Å². The van der Waals surface area contributed by atoms with Crippen LogP contribution in [0, 0.1) is 12.3 Å². The molecule has 0 radical (unpaired) electrons. The van der Waals surface area contributed by atoms with Crippen molar-refractivity contribution in [3.63, 3.8) is 0 Å². The van der Waals surface area contributed by atoms with Crippen molar-refractivity contribution in [2.24, 2.45) is 5.41 Å². The first-order valence-corrected chi connectivity index (χ1v) is 13.4. The van der Waals surface area contributed by atoms with Crippen LogP contribution in [0.2, 0.25) is 0 Å². The van der Waals surface area contributed by atoms with E-state index >= 15 is 0 Å². The number of thiophene rings is 1. The first-order valence-electron chi connectivity index (χ1n) is 11.6. The highest BCUT2D eigenvalue weighted by Crippen LogP contribution is 2.50. The van der Waals surface area contributed by atoms with Gasteiger partial charge in [-0.15, -0.1) is 22.7 Å². The number of carbonyl (C=O) groups is 2. The van der Waals surface area contributed by atoms with Gasteiger partial charge in [0, 0.05) is 54.1 Å². The summed E-state index contributed by atoms with van der Waals surface area (Å²) in [4.78, 5) is 41.1. The van der Waals surface area contributed by atoms with Crippen LogP contribution in [0.3, 0.4) is 0 Å². The van der Waals surface area contributed by atoms with E-state index in [1.165, 1.54) is 0 Å². The second-order valence-electron chi connectivity index (χ2n) is 9.45. The Balaban J connectivity index is 1.42. The minimum absolute atomic E-state index is 0.0556. The number of rotatable bonds is 6. The number of carbonyl (C=O) groups excluding carboxylic acids is 2. The Bertz CT molecular complexity index is 1210. The molecule has 9 heteroatoms. The number of amides is 2. The third-order valence-corrected chi connectivity index (χ3v) is 8.58. The molecule has 0 aromatic carbocycles. The van der Waals surface area contributed by atoms with E-state index in [1.54, 1.807) is 28.7 Å². The van der Waals surface area contributed by atoms with Gasteiger partial charge in [0.15, 0.2) is 0 Å². The smallest absolute Gasteiger partial charge is 0.246 e. The Morgan fingerprint density at radius 3 is 2.88 bits per heavy atom. The molecular weight excluding hydrogens is 466 g/mol. The van der Waals surface area contributed by atoms with Crippen molar-refractivity contribution in [1.29, 1.82) is 0 Å². The lowest BCUT2D eigenvalue weighted by Crippen LogP contribution is -2.40. The Morgan fingerprint density at radius 1 is 1.35 bits per heavy atom. The van der Waals surface area contributed by atoms with E-state index in [2.05, 4.69) is 23.4 Å². The summed E-state index contributed by atoms with van der Waals surface area (Å²) in [7, 11) is 0. The van der Waals surface area contributed by atoms with Crippen LogP contribution in [0.15, 0.2) is 41.5 Å². The summed E-state index contributed by atoms with van der Waals surface area (Å²) < 4.78 is 2.07. The molecule has 0 N–H and O–H groups in total. The van der Waals surface area contributed by atoms with Crippen LogP contribution >= 0.6 is 22.7 Å². The number of aryl methyl sites for hydroxylation is 1. The zero-order chi connectivity index (χ0) is 23.9. The van der Waals surface area contributed by atoms with Gasteiger partial charge in [-0.05, 0) is 44.7 Å². The molecule has 34 heavy (non-hydrogen) atoms. The van der Waals surface area contributed by atoms with Crippen LogP contribution in [-0.4, -0.2) is 55.8 Å². The highest BCUT2D eigenvalue weighted by Gasteiger charge is 2.58. The topological polar surface area (TPSA) is 71.3 Å². The zero-order valence-corrected chi connectivity index (χ0v) is 21.3. The van der Waals surface area contributed by atoms with Crippen molar-refractivity contribution >= 4 is 40.6 Å². The van der Waals surface area contributed by atoms with Crippen molar-refractivity contribution in [2.75, 3.05) is 19.6 Å². The molecule has 2 saturated heterocycles. The standard InChI is InChI=1S/C25H29N5O2S2/c1-17(2)30-13-22(26-16-30)21-12-29(23(31)7-6-20-5-4-10-33-20)15-25(21)8-9-28(24(25)32)11-19-14-34-18(3)27-19/h4-7,10,13-14,16-17,21H,8-9,11-12,15H2,1-3H3/b7-6+. The summed E-state index contributed by atoms with van der Waals surface area (Å²) >= 11 is 3.20. The predicted molar refractivity (Wildman–Crippen MR) is 135 cm³/mol. The number of hydrogen-bond donors (Lipinski definition) is 0. The van der Waals surface area contributed by atoms with Crippen LogP contribution < -0.4 is 0 Å². The minimum Gasteiger partial charge on any atom is -0.337 e. The van der Waals surface area contributed by atoms with Crippen molar-refractivity contribution < 1.29 is 9.59 Å². The van der Waals surface area contributed by atoms with Crippen molar-refractivity contribution in [3.05, 3.63) is 62.8 Å². The largest absolute Gasteiger partial charge is 0.337 e. The maximum atomic E-state index is 13.9. The van der Waals surface area contributed by atoms with Crippen LogP contribution in [0.4, 0.5) is 0 Å². The molecule has 2 aliphatic rings. The normalized spacial score (nSPS) is 22.8. The average Bonchev–Trinajstić information content (AvgIpc) is 3.62. The van der Waals surface area contributed by atoms with E-state index in [0.717, 1.165) is 21.3 Å². The summed E-state index contributed by atoms with van der Waals surface area (Å²) in [6, 6.07) is 4.24. The van der Waals surface area contributed by atoms with Gasteiger partial charge < -0.3 is 14.4 Å². The molecular formula is C25H29N5O2S2. The molecule has 7 nitrogen and oxygen atoms in total. The number of imidazole rings is 1. The molecule has 0 bridgehead atoms. The number of likely N-dealkylation sites (tertiary alicyclic amines) is 2. The lowest BCUT2D eigenvalue weighted by molar-refractivity contribution is -0.137. The Kier molecular flexibility index (Phi) is 6.16. The summed E-state index contributed by atoms with van der Waals surface area (Å²) in [6.45, 7) is 8.31. The highest BCUT2D eigenvalue weighted by molar-refractivity contribution is 7.10. The third kappa shape index (κ3) is 4.22. The number of thiazole rings is 1. The summed E-state index contributed by atoms with van der Waals surface area (Å²) in [6.07, 6.45) is 8.08. The number of nitrogens with zero attached hydrogens (tertiary/aromatic N) is 5. The van der Waals surface area contributed by atoms with Gasteiger partial charge in [0.25, 0.3) is 0 Å². The molecule has 2 aliphatic heterocycles. The second-order valence-corrected chi connectivity index (χ2v) is 11.5. The third-order valence-electron chi connectivity index (χ3n) is 6.92. The Morgan fingerprint density at radius 2 is 2.21 bits per heavy atom. The van der Waals surface area contributed by atoms with E-state index in [4.69, 9.17) is 4.98 Å². The van der Waals surface area contributed by atoms with Crippen molar-refractivity contribution in [1.82, 2.24) is 24.3 Å². The molecule has 3 aromatic rings. The van der Waals surface area contributed by atoms with E-state index < -0.39 is 5.41 Å². The fourth-order valence-corrected chi connectivity index (χ4v) is 6.29. The molecule has 2 amide bonds. The van der Waals surface area contributed by atoms with Crippen molar-refractivity contribution in [2.45, 2.75) is 45.7 Å². The number of aromatic nitrogens is 3. The maximum absolute atomic E-state index is 13.9. The lowest BCUT2D eigenvalue weighted by atomic mass is 9.75. The molecule has 2 atom stereocenters. The molecule has 5 rings (SSSR count). The second kappa shape index (κ2) is 9.11. The van der Waals surface area contributed by atoms with E-state index in [9.17, 15) is 9.59 Å². The zero-order valence-electron chi connectivity index (χ0n) is 19.7. The molecule has 178 valence electrons. The molecule has 1 spiro atoms. The summed E-state index contributed by atoms with van der Waals surface area (Å²) in [5.74, 6) is -0.0685. The van der Waals surface area contributed by atoms with Gasteiger partial charge in [0.05, 0.1) is 34.7 Å². The van der Waals surface area contributed by atoms with Gasteiger partial charge in [-0.2, -0.15) is 0 Å². The van der Waals surface area contributed by atoms with E-state index in [1.807, 2.05) is 58.2 Å². The lowest BCUT2D eigenvalue weighted by Gasteiger charge is -2.27. The monoisotopic (exact) mass is 495 g/mol. The van der Waals surface area contributed by atoms with Crippen LogP contribution in [0.5, 0.6) is 0 Å². The maximum Gasteiger partial charge on any atom is 0.246 e. The van der Waals surface area contributed by atoms with E-state index in [-0.39, 0.29) is 23.8 Å². The fourth-order valence-electron chi connectivity index (χ4n) is 5.07. The van der Waals surface area contributed by atoms with Crippen LogP contribution in [-0.2, 0) is 16.1 Å². The first-order chi connectivity index (χ1) is 16.4. The molecule has 2 fully saturated rings. The first kappa shape index (κ1) is 23.0. The van der Waals surface area contributed by atoms with Gasteiger partial charge >= 0.3 is 0 Å². The Hall–Kier alpha value is -2.78. The van der Waals surface area contributed by atoms with Gasteiger partial charge in [-0.1, -0.05) is 6.07 Å². The number of hydrogen-bond acceptors (Lipinski definition) is 6. The van der Waals surface area contributed by atoms with E-state index in [0.29, 0.717) is 32.6 Å². The molecule has 0 aliphatic carbocycles. The van der Waals surface area contributed by atoms with Gasteiger partial charge in [-0.25, -0.2) is 9.97 Å². The summed E-state index contributed by atoms with van der Waals surface area (Å²) in [5, 5.41) is 5.02. The molecule has 2 unspecified atom stereocenters. The fraction of sp³-hybridized carbons (Fsp3) is 0.440. The van der Waals surface area contributed by atoms with Gasteiger partial charge in [-0.3, -0.25) is 9.59 Å². The SMILES string of the molecule is Cc1nc(CN2CCC3(CN(C(=O)/C=C/c4cccs4)CC3c3cn(C(C)C)cn3)C2=O)cs1. The average molecular weight is 496 g/mol.